The third kappa shape index (κ3) is 4.87. The Bertz CT molecular complexity index is 804. The Morgan fingerprint density at radius 1 is 1.25 bits per heavy atom. The van der Waals surface area contributed by atoms with Crippen molar-refractivity contribution >= 4 is 15.9 Å². The van der Waals surface area contributed by atoms with Gasteiger partial charge in [-0.3, -0.25) is 0 Å². The van der Waals surface area contributed by atoms with Gasteiger partial charge in [0.1, 0.15) is 9.84 Å². The molecule has 1 saturated heterocycles. The quantitative estimate of drug-likeness (QED) is 0.688. The van der Waals surface area contributed by atoms with Gasteiger partial charge in [0.15, 0.2) is 0 Å². The average molecular weight is 403 g/mol. The Kier molecular flexibility index (Phi) is 5.69. The molecule has 0 amide bonds. The zero-order valence-corrected chi connectivity index (χ0v) is 18.0. The van der Waals surface area contributed by atoms with E-state index in [1.807, 2.05) is 0 Å². The average Bonchev–Trinajstić information content (AvgIpc) is 3.34. The molecule has 28 heavy (non-hydrogen) atoms. The van der Waals surface area contributed by atoms with Crippen LogP contribution in [0.3, 0.4) is 0 Å². The summed E-state index contributed by atoms with van der Waals surface area (Å²) < 4.78 is 22.5. The Balaban J connectivity index is 1.16. The van der Waals surface area contributed by atoms with E-state index in [9.17, 15) is 8.42 Å². The van der Waals surface area contributed by atoms with E-state index in [0.717, 1.165) is 38.4 Å². The van der Waals surface area contributed by atoms with Gasteiger partial charge in [-0.25, -0.2) is 8.42 Å². The predicted molar refractivity (Wildman–Crippen MR) is 116 cm³/mol. The number of nitrogens with one attached hydrogen (secondary N) is 1. The fourth-order valence-electron chi connectivity index (χ4n) is 5.30. The lowest BCUT2D eigenvalue weighted by molar-refractivity contribution is -0.0785. The fourth-order valence-corrected chi connectivity index (χ4v) is 5.95. The molecule has 4 rings (SSSR count). The maximum absolute atomic E-state index is 11.2. The third-order valence-corrected chi connectivity index (χ3v) is 7.77. The normalized spacial score (nSPS) is 27.4. The standard InChI is InChI=1S/C23H34N2O2S/c1-3-19(12-18-8-5-4-6-9-18)21-13-22(21)24-20-14-23(15-20)16-25(17-23)10-7-11-28(2,26)27/h4-6,8-9,12,20-22,24H,3,7,10-11,13-17H2,1-2H3/b19-12+/t21-,22+/m0/s1. The summed E-state index contributed by atoms with van der Waals surface area (Å²) in [4.78, 5) is 2.43. The van der Waals surface area contributed by atoms with Crippen LogP contribution in [0.4, 0.5) is 0 Å². The van der Waals surface area contributed by atoms with Crippen molar-refractivity contribution in [1.82, 2.24) is 10.2 Å². The van der Waals surface area contributed by atoms with Crippen molar-refractivity contribution in [3.8, 4) is 0 Å². The minimum absolute atomic E-state index is 0.319. The second kappa shape index (κ2) is 7.92. The van der Waals surface area contributed by atoms with Crippen LogP contribution in [0.5, 0.6) is 0 Å². The molecule has 0 bridgehead atoms. The molecule has 1 aliphatic heterocycles. The maximum Gasteiger partial charge on any atom is 0.147 e. The molecule has 154 valence electrons. The van der Waals surface area contributed by atoms with Crippen molar-refractivity contribution in [3.05, 3.63) is 41.5 Å². The molecule has 1 spiro atoms. The lowest BCUT2D eigenvalue weighted by Crippen LogP contribution is -2.66. The van der Waals surface area contributed by atoms with Gasteiger partial charge in [0.2, 0.25) is 0 Å². The van der Waals surface area contributed by atoms with Gasteiger partial charge in [-0.15, -0.1) is 0 Å². The van der Waals surface area contributed by atoms with Crippen molar-refractivity contribution in [2.45, 2.75) is 51.1 Å². The Hall–Kier alpha value is -1.17. The molecule has 2 aliphatic carbocycles. The highest BCUT2D eigenvalue weighted by Gasteiger charge is 2.53. The van der Waals surface area contributed by atoms with Gasteiger partial charge in [0, 0.05) is 31.4 Å². The minimum Gasteiger partial charge on any atom is -0.311 e. The highest BCUT2D eigenvalue weighted by Crippen LogP contribution is 2.50. The molecule has 5 heteroatoms. The number of hydrogen-bond acceptors (Lipinski definition) is 4. The van der Waals surface area contributed by atoms with Crippen LogP contribution in [0.2, 0.25) is 0 Å². The first-order valence-corrected chi connectivity index (χ1v) is 12.8. The molecule has 0 aromatic heterocycles. The molecule has 1 heterocycles. The van der Waals surface area contributed by atoms with E-state index in [1.54, 1.807) is 5.57 Å². The summed E-state index contributed by atoms with van der Waals surface area (Å²) in [7, 11) is -2.82. The summed E-state index contributed by atoms with van der Waals surface area (Å²) >= 11 is 0. The predicted octanol–water partition coefficient (Wildman–Crippen LogP) is 3.36. The SMILES string of the molecule is CC/C(=C\c1ccccc1)[C@@H]1C[C@H]1NC1CC2(C1)CN(CCCS(C)(=O)=O)C2. The molecule has 2 saturated carbocycles. The van der Waals surface area contributed by atoms with E-state index < -0.39 is 9.84 Å². The number of nitrogens with zero attached hydrogens (tertiary/aromatic N) is 1. The van der Waals surface area contributed by atoms with Gasteiger partial charge in [-0.2, -0.15) is 0 Å². The smallest absolute Gasteiger partial charge is 0.147 e. The molecule has 1 aromatic carbocycles. The number of benzene rings is 1. The monoisotopic (exact) mass is 402 g/mol. The molecular formula is C23H34N2O2S. The first kappa shape index (κ1) is 20.1. The van der Waals surface area contributed by atoms with Gasteiger partial charge in [0.25, 0.3) is 0 Å². The largest absolute Gasteiger partial charge is 0.311 e. The molecule has 3 aliphatic rings. The van der Waals surface area contributed by atoms with Gasteiger partial charge in [-0.05, 0) is 55.5 Å². The number of rotatable bonds is 9. The van der Waals surface area contributed by atoms with Crippen molar-refractivity contribution in [2.75, 3.05) is 31.6 Å². The molecule has 4 nitrogen and oxygen atoms in total. The summed E-state index contributed by atoms with van der Waals surface area (Å²) in [6, 6.07) is 12.0. The second-order valence-corrected chi connectivity index (χ2v) is 11.7. The topological polar surface area (TPSA) is 49.4 Å². The molecule has 3 fully saturated rings. The van der Waals surface area contributed by atoms with Crippen molar-refractivity contribution in [2.24, 2.45) is 11.3 Å². The Morgan fingerprint density at radius 3 is 2.61 bits per heavy atom. The van der Waals surface area contributed by atoms with E-state index in [1.165, 1.54) is 31.1 Å². The van der Waals surface area contributed by atoms with Gasteiger partial charge < -0.3 is 10.2 Å². The molecule has 1 aromatic rings. The summed E-state index contributed by atoms with van der Waals surface area (Å²) in [5, 5.41) is 3.90. The van der Waals surface area contributed by atoms with E-state index >= 15 is 0 Å². The van der Waals surface area contributed by atoms with Crippen LogP contribution in [0.15, 0.2) is 35.9 Å². The van der Waals surface area contributed by atoms with Crippen LogP contribution in [0.25, 0.3) is 6.08 Å². The van der Waals surface area contributed by atoms with Crippen molar-refractivity contribution < 1.29 is 8.42 Å². The molecule has 2 atom stereocenters. The highest BCUT2D eigenvalue weighted by atomic mass is 32.2. The van der Waals surface area contributed by atoms with E-state index in [2.05, 4.69) is 53.5 Å². The zero-order valence-electron chi connectivity index (χ0n) is 17.2. The van der Waals surface area contributed by atoms with Crippen molar-refractivity contribution in [1.29, 1.82) is 0 Å². The first-order chi connectivity index (χ1) is 13.4. The van der Waals surface area contributed by atoms with Crippen LogP contribution in [0, 0.1) is 11.3 Å². The van der Waals surface area contributed by atoms with Gasteiger partial charge in [0.05, 0.1) is 5.75 Å². The Labute approximate surface area is 170 Å². The number of likely N-dealkylation sites (tertiary alicyclic amines) is 1. The molecule has 0 unspecified atom stereocenters. The molecular weight excluding hydrogens is 368 g/mol. The summed E-state index contributed by atoms with van der Waals surface area (Å²) in [6.07, 6.45) is 9.49. The van der Waals surface area contributed by atoms with Crippen LogP contribution >= 0.6 is 0 Å². The van der Waals surface area contributed by atoms with E-state index in [-0.39, 0.29) is 0 Å². The third-order valence-electron chi connectivity index (χ3n) is 6.74. The van der Waals surface area contributed by atoms with Crippen LogP contribution < -0.4 is 5.32 Å². The first-order valence-electron chi connectivity index (χ1n) is 10.8. The van der Waals surface area contributed by atoms with Crippen LogP contribution in [-0.2, 0) is 9.84 Å². The second-order valence-electron chi connectivity index (χ2n) is 9.40. The minimum atomic E-state index is -2.82. The molecule has 0 radical (unpaired) electrons. The molecule has 1 N–H and O–H groups in total. The van der Waals surface area contributed by atoms with E-state index in [4.69, 9.17) is 0 Å². The summed E-state index contributed by atoms with van der Waals surface area (Å²) in [5.74, 6) is 1.04. The van der Waals surface area contributed by atoms with Gasteiger partial charge >= 0.3 is 0 Å². The van der Waals surface area contributed by atoms with Crippen LogP contribution in [-0.4, -0.2) is 57.0 Å². The highest BCUT2D eigenvalue weighted by molar-refractivity contribution is 7.90. The fraction of sp³-hybridized carbons (Fsp3) is 0.652. The van der Waals surface area contributed by atoms with Gasteiger partial charge in [-0.1, -0.05) is 48.9 Å². The number of hydrogen-bond donors (Lipinski definition) is 1. The number of sulfone groups is 1. The van der Waals surface area contributed by atoms with Crippen LogP contribution in [0.1, 0.15) is 44.6 Å². The Morgan fingerprint density at radius 2 is 1.96 bits per heavy atom. The lowest BCUT2D eigenvalue weighted by Gasteiger charge is -2.59. The van der Waals surface area contributed by atoms with Crippen molar-refractivity contribution in [3.63, 3.8) is 0 Å². The lowest BCUT2D eigenvalue weighted by atomic mass is 9.60. The summed E-state index contributed by atoms with van der Waals surface area (Å²) in [5.41, 5.74) is 3.43. The van der Waals surface area contributed by atoms with E-state index in [0.29, 0.717) is 23.3 Å². The zero-order chi connectivity index (χ0) is 19.8. The summed E-state index contributed by atoms with van der Waals surface area (Å²) in [6.45, 7) is 5.53. The maximum atomic E-state index is 11.2.